The average molecular weight is 332 g/mol. The molecule has 1 unspecified atom stereocenters. The number of amides is 1. The van der Waals surface area contributed by atoms with Gasteiger partial charge in [0.25, 0.3) is 5.91 Å². The molecule has 0 spiro atoms. The molecule has 1 heterocycles. The van der Waals surface area contributed by atoms with Crippen LogP contribution in [0.1, 0.15) is 29.3 Å². The second kappa shape index (κ2) is 9.27. The van der Waals surface area contributed by atoms with Gasteiger partial charge in [0.1, 0.15) is 0 Å². The van der Waals surface area contributed by atoms with Gasteiger partial charge in [-0.15, -0.1) is 0 Å². The Bertz CT molecular complexity index is 551. The molecule has 1 aromatic carbocycles. The molecule has 1 saturated heterocycles. The van der Waals surface area contributed by atoms with Gasteiger partial charge < -0.3 is 20.3 Å². The third-order valence-electron chi connectivity index (χ3n) is 4.13. The Morgan fingerprint density at radius 1 is 1.33 bits per heavy atom. The molecule has 1 amide bonds. The van der Waals surface area contributed by atoms with Crippen molar-refractivity contribution in [3.05, 3.63) is 35.4 Å². The number of carbonyl (C=O) groups is 1. The first-order valence-corrected chi connectivity index (χ1v) is 8.50. The highest BCUT2D eigenvalue weighted by molar-refractivity contribution is 5.94. The number of guanidine groups is 1. The predicted octanol–water partition coefficient (Wildman–Crippen LogP) is 1.48. The molecular weight excluding hydrogens is 304 g/mol. The fraction of sp³-hybridized carbons (Fsp3) is 0.556. The third kappa shape index (κ3) is 5.23. The summed E-state index contributed by atoms with van der Waals surface area (Å²) >= 11 is 0. The maximum atomic E-state index is 11.8. The van der Waals surface area contributed by atoms with E-state index in [0.29, 0.717) is 24.6 Å². The van der Waals surface area contributed by atoms with E-state index in [2.05, 4.69) is 20.5 Å². The van der Waals surface area contributed by atoms with E-state index >= 15 is 0 Å². The number of rotatable bonds is 6. The van der Waals surface area contributed by atoms with Crippen LogP contribution in [0.4, 0.5) is 0 Å². The Labute approximate surface area is 144 Å². The molecule has 0 aromatic heterocycles. The number of hydrogen-bond donors (Lipinski definition) is 2. The maximum absolute atomic E-state index is 11.8. The Morgan fingerprint density at radius 2 is 2.08 bits per heavy atom. The van der Waals surface area contributed by atoms with Crippen LogP contribution in [-0.4, -0.2) is 57.2 Å². The molecule has 2 N–H and O–H groups in total. The van der Waals surface area contributed by atoms with Crippen LogP contribution in [-0.2, 0) is 11.3 Å². The SMILES string of the molecule is CCNC(=O)c1ccc(CNC(=NC)N(C)CC2CCOC2)cc1. The van der Waals surface area contributed by atoms with Crippen LogP contribution in [0, 0.1) is 5.92 Å². The largest absolute Gasteiger partial charge is 0.381 e. The predicted molar refractivity (Wildman–Crippen MR) is 96.2 cm³/mol. The van der Waals surface area contributed by atoms with Crippen molar-refractivity contribution in [3.8, 4) is 0 Å². The Hall–Kier alpha value is -2.08. The fourth-order valence-corrected chi connectivity index (χ4v) is 2.80. The smallest absolute Gasteiger partial charge is 0.251 e. The molecule has 6 nitrogen and oxygen atoms in total. The van der Waals surface area contributed by atoms with E-state index in [-0.39, 0.29) is 5.91 Å². The van der Waals surface area contributed by atoms with Gasteiger partial charge in [-0.1, -0.05) is 12.1 Å². The van der Waals surface area contributed by atoms with E-state index in [0.717, 1.165) is 37.7 Å². The summed E-state index contributed by atoms with van der Waals surface area (Å²) in [4.78, 5) is 18.2. The topological polar surface area (TPSA) is 66.0 Å². The summed E-state index contributed by atoms with van der Waals surface area (Å²) in [6.45, 7) is 5.86. The van der Waals surface area contributed by atoms with Crippen LogP contribution >= 0.6 is 0 Å². The van der Waals surface area contributed by atoms with Gasteiger partial charge in [-0.05, 0) is 31.0 Å². The highest BCUT2D eigenvalue weighted by atomic mass is 16.5. The van der Waals surface area contributed by atoms with E-state index in [1.54, 1.807) is 7.05 Å². The molecule has 2 rings (SSSR count). The molecular formula is C18H28N4O2. The fourth-order valence-electron chi connectivity index (χ4n) is 2.80. The van der Waals surface area contributed by atoms with Gasteiger partial charge in [-0.25, -0.2) is 0 Å². The maximum Gasteiger partial charge on any atom is 0.251 e. The number of benzene rings is 1. The molecule has 6 heteroatoms. The molecule has 1 aromatic rings. The van der Waals surface area contributed by atoms with Crippen molar-refractivity contribution in [3.63, 3.8) is 0 Å². The second-order valence-electron chi connectivity index (χ2n) is 6.07. The number of nitrogens with zero attached hydrogens (tertiary/aromatic N) is 2. The van der Waals surface area contributed by atoms with Crippen molar-refractivity contribution in [1.82, 2.24) is 15.5 Å². The van der Waals surface area contributed by atoms with Crippen LogP contribution in [0.5, 0.6) is 0 Å². The van der Waals surface area contributed by atoms with Crippen molar-refractivity contribution in [2.75, 3.05) is 40.4 Å². The Kier molecular flexibility index (Phi) is 7.06. The quantitative estimate of drug-likeness (QED) is 0.612. The lowest BCUT2D eigenvalue weighted by Gasteiger charge is -2.24. The summed E-state index contributed by atoms with van der Waals surface area (Å²) in [7, 11) is 3.84. The van der Waals surface area contributed by atoms with E-state index in [1.807, 2.05) is 38.2 Å². The zero-order valence-electron chi connectivity index (χ0n) is 14.8. The van der Waals surface area contributed by atoms with Gasteiger partial charge in [-0.2, -0.15) is 0 Å². The normalized spacial score (nSPS) is 17.6. The summed E-state index contributed by atoms with van der Waals surface area (Å²) in [5, 5.41) is 6.17. The molecule has 0 aliphatic carbocycles. The molecule has 24 heavy (non-hydrogen) atoms. The van der Waals surface area contributed by atoms with Crippen LogP contribution in [0.25, 0.3) is 0 Å². The number of hydrogen-bond acceptors (Lipinski definition) is 3. The number of aliphatic imine (C=N–C) groups is 1. The van der Waals surface area contributed by atoms with E-state index in [1.165, 1.54) is 0 Å². The minimum atomic E-state index is -0.0358. The standard InChI is InChI=1S/C18H28N4O2/c1-4-20-17(23)16-7-5-14(6-8-16)11-21-18(19-2)22(3)12-15-9-10-24-13-15/h5-8,15H,4,9-13H2,1-3H3,(H,19,21)(H,20,23). The average Bonchev–Trinajstić information content (AvgIpc) is 3.09. The summed E-state index contributed by atoms with van der Waals surface area (Å²) in [5.74, 6) is 1.41. The van der Waals surface area contributed by atoms with Gasteiger partial charge in [0.2, 0.25) is 0 Å². The lowest BCUT2D eigenvalue weighted by Crippen LogP contribution is -2.41. The highest BCUT2D eigenvalue weighted by Gasteiger charge is 2.19. The third-order valence-corrected chi connectivity index (χ3v) is 4.13. The minimum Gasteiger partial charge on any atom is -0.381 e. The first-order valence-electron chi connectivity index (χ1n) is 8.50. The van der Waals surface area contributed by atoms with Gasteiger partial charge >= 0.3 is 0 Å². The van der Waals surface area contributed by atoms with Crippen molar-refractivity contribution in [1.29, 1.82) is 0 Å². The molecule has 1 fully saturated rings. The van der Waals surface area contributed by atoms with Crippen LogP contribution < -0.4 is 10.6 Å². The molecule has 0 radical (unpaired) electrons. The summed E-state index contributed by atoms with van der Waals surface area (Å²) < 4.78 is 5.43. The Morgan fingerprint density at radius 3 is 2.67 bits per heavy atom. The number of nitrogens with one attached hydrogen (secondary N) is 2. The molecule has 1 aliphatic heterocycles. The van der Waals surface area contributed by atoms with E-state index in [4.69, 9.17) is 4.74 Å². The van der Waals surface area contributed by atoms with Crippen LogP contribution in [0.2, 0.25) is 0 Å². The van der Waals surface area contributed by atoms with Gasteiger partial charge in [-0.3, -0.25) is 9.79 Å². The number of ether oxygens (including phenoxy) is 1. The lowest BCUT2D eigenvalue weighted by molar-refractivity contribution is 0.0956. The molecule has 0 saturated carbocycles. The minimum absolute atomic E-state index is 0.0358. The molecule has 1 aliphatic rings. The zero-order valence-corrected chi connectivity index (χ0v) is 14.8. The second-order valence-corrected chi connectivity index (χ2v) is 6.07. The van der Waals surface area contributed by atoms with Crippen LogP contribution in [0.3, 0.4) is 0 Å². The zero-order chi connectivity index (χ0) is 17.4. The van der Waals surface area contributed by atoms with Crippen molar-refractivity contribution < 1.29 is 9.53 Å². The molecule has 1 atom stereocenters. The van der Waals surface area contributed by atoms with Gasteiger partial charge in [0.15, 0.2) is 5.96 Å². The van der Waals surface area contributed by atoms with Crippen LogP contribution in [0.15, 0.2) is 29.3 Å². The van der Waals surface area contributed by atoms with E-state index in [9.17, 15) is 4.79 Å². The molecule has 0 bridgehead atoms. The van der Waals surface area contributed by atoms with Crippen molar-refractivity contribution >= 4 is 11.9 Å². The first-order chi connectivity index (χ1) is 11.6. The monoisotopic (exact) mass is 332 g/mol. The lowest BCUT2D eigenvalue weighted by atomic mass is 10.1. The summed E-state index contributed by atoms with van der Waals surface area (Å²) in [5.41, 5.74) is 1.80. The van der Waals surface area contributed by atoms with Gasteiger partial charge in [0, 0.05) is 51.8 Å². The highest BCUT2D eigenvalue weighted by Crippen LogP contribution is 2.13. The summed E-state index contributed by atoms with van der Waals surface area (Å²) in [6.07, 6.45) is 1.11. The van der Waals surface area contributed by atoms with Crippen molar-refractivity contribution in [2.24, 2.45) is 10.9 Å². The number of carbonyl (C=O) groups excluding carboxylic acids is 1. The first kappa shape index (κ1) is 18.3. The van der Waals surface area contributed by atoms with Gasteiger partial charge in [0.05, 0.1) is 6.61 Å². The Balaban J connectivity index is 1.85. The summed E-state index contributed by atoms with van der Waals surface area (Å²) in [6, 6.07) is 7.64. The van der Waals surface area contributed by atoms with Crippen molar-refractivity contribution in [2.45, 2.75) is 19.9 Å². The molecule has 132 valence electrons. The van der Waals surface area contributed by atoms with E-state index < -0.39 is 0 Å².